The van der Waals surface area contributed by atoms with E-state index in [-0.39, 0.29) is 17.7 Å². The average molecular weight is 176 g/mol. The van der Waals surface area contributed by atoms with Crippen LogP contribution in [-0.4, -0.2) is 29.5 Å². The second-order valence-electron chi connectivity index (χ2n) is 1.29. The number of nitrogens with two attached hydrogens (primary N) is 3. The molecule has 0 aromatic carbocycles. The number of hydrazine groups is 1. The largest absolute Gasteiger partial charge is 0.361 e. The maximum Gasteiger partial charge on any atom is 0.324 e. The van der Waals surface area contributed by atoms with E-state index in [9.17, 15) is 19.2 Å². The first-order valence-corrected chi connectivity index (χ1v) is 2.49. The average Bonchev–Trinajstić information content (AvgIpc) is 2.10. The summed E-state index contributed by atoms with van der Waals surface area (Å²) in [5, 5.41) is 0. The number of nitrogens with zero attached hydrogens (tertiary/aromatic N) is 1. The molecule has 0 aromatic rings. The van der Waals surface area contributed by atoms with Crippen LogP contribution in [0.2, 0.25) is 0 Å². The molecule has 0 heterocycles. The van der Waals surface area contributed by atoms with Crippen molar-refractivity contribution in [3.05, 3.63) is 0 Å². The minimum absolute atomic E-state index is 0.0162. The predicted molar refractivity (Wildman–Crippen MR) is 36.5 cm³/mol. The van der Waals surface area contributed by atoms with Crippen LogP contribution in [0.15, 0.2) is 0 Å². The molecule has 4 amide bonds. The summed E-state index contributed by atoms with van der Waals surface area (Å²) in [6, 6.07) is 0. The van der Waals surface area contributed by atoms with Crippen LogP contribution >= 0.6 is 0 Å². The van der Waals surface area contributed by atoms with E-state index in [0.29, 0.717) is 0 Å². The van der Waals surface area contributed by atoms with Crippen LogP contribution in [0.4, 0.5) is 0 Å². The molecule has 0 radical (unpaired) electrons. The predicted octanol–water partition coefficient (Wildman–Crippen LogP) is -3.57. The molecule has 0 unspecified atom stereocenters. The molecule has 6 N–H and O–H groups in total. The third-order valence-corrected chi connectivity index (χ3v) is 0.672. The maximum absolute atomic E-state index is 10.3. The van der Waals surface area contributed by atoms with E-state index in [0.717, 1.165) is 0 Å². The zero-order chi connectivity index (χ0) is 10.1. The van der Waals surface area contributed by atoms with E-state index in [1.165, 1.54) is 0 Å². The molecule has 0 rings (SSSR count). The second-order valence-corrected chi connectivity index (χ2v) is 1.29. The number of amides is 4. The third-order valence-electron chi connectivity index (χ3n) is 0.672. The Kier molecular flexibility index (Phi) is 7.82. The van der Waals surface area contributed by atoms with Crippen molar-refractivity contribution >= 4 is 24.6 Å². The molecule has 0 aliphatic carbocycles. The fourth-order valence-corrected chi connectivity index (χ4v) is 0.248. The SMILES string of the molecule is NC(=O)C(=O)N(C=O)C=O.NN. The molecule has 0 fully saturated rings. The molecule has 0 aliphatic rings. The Morgan fingerprint density at radius 1 is 1.08 bits per heavy atom. The number of rotatable bonds is 2. The van der Waals surface area contributed by atoms with Crippen molar-refractivity contribution in [2.24, 2.45) is 17.4 Å². The monoisotopic (exact) mass is 176 g/mol. The lowest BCUT2D eigenvalue weighted by molar-refractivity contribution is -0.150. The van der Waals surface area contributed by atoms with Gasteiger partial charge in [-0.05, 0) is 0 Å². The zero-order valence-corrected chi connectivity index (χ0v) is 5.97. The molecular formula is C4H8N4O4. The minimum Gasteiger partial charge on any atom is -0.361 e. The molecule has 0 saturated heterocycles. The molecule has 0 atom stereocenters. The summed E-state index contributed by atoms with van der Waals surface area (Å²) in [6.45, 7) is 0. The van der Waals surface area contributed by atoms with E-state index < -0.39 is 11.8 Å². The maximum atomic E-state index is 10.3. The molecule has 0 saturated carbocycles. The van der Waals surface area contributed by atoms with E-state index in [1.807, 2.05) is 0 Å². The molecule has 68 valence electrons. The highest BCUT2D eigenvalue weighted by atomic mass is 16.2. The molecule has 0 spiro atoms. The van der Waals surface area contributed by atoms with E-state index in [4.69, 9.17) is 0 Å². The number of carbonyl (C=O) groups excluding carboxylic acids is 4. The van der Waals surface area contributed by atoms with Crippen molar-refractivity contribution in [2.45, 2.75) is 0 Å². The van der Waals surface area contributed by atoms with Gasteiger partial charge in [0, 0.05) is 0 Å². The molecule has 8 nitrogen and oxygen atoms in total. The number of hydrogen-bond acceptors (Lipinski definition) is 6. The van der Waals surface area contributed by atoms with Crippen LogP contribution < -0.4 is 17.4 Å². The fourth-order valence-electron chi connectivity index (χ4n) is 0.248. The first-order chi connectivity index (χ1) is 5.63. The Morgan fingerprint density at radius 3 is 1.50 bits per heavy atom. The van der Waals surface area contributed by atoms with Crippen molar-refractivity contribution in [1.82, 2.24) is 4.90 Å². The normalized spacial score (nSPS) is 7.17. The molecule has 12 heavy (non-hydrogen) atoms. The molecule has 0 bridgehead atoms. The van der Waals surface area contributed by atoms with Crippen molar-refractivity contribution in [3.8, 4) is 0 Å². The summed E-state index contributed by atoms with van der Waals surface area (Å²) in [5.41, 5.74) is 4.44. The van der Waals surface area contributed by atoms with Gasteiger partial charge in [0.25, 0.3) is 0 Å². The smallest absolute Gasteiger partial charge is 0.324 e. The van der Waals surface area contributed by atoms with Crippen LogP contribution in [0.1, 0.15) is 0 Å². The topological polar surface area (TPSA) is 150 Å². The molecule has 0 aliphatic heterocycles. The van der Waals surface area contributed by atoms with Crippen LogP contribution in [-0.2, 0) is 19.2 Å². The summed E-state index contributed by atoms with van der Waals surface area (Å²) in [4.78, 5) is 39.8. The summed E-state index contributed by atoms with van der Waals surface area (Å²) >= 11 is 0. The molecule has 8 heteroatoms. The van der Waals surface area contributed by atoms with Gasteiger partial charge in [0.15, 0.2) is 0 Å². The molecular weight excluding hydrogens is 168 g/mol. The van der Waals surface area contributed by atoms with Gasteiger partial charge in [-0.1, -0.05) is 0 Å². The first kappa shape index (κ1) is 12.8. The highest BCUT2D eigenvalue weighted by molar-refractivity contribution is 6.38. The van der Waals surface area contributed by atoms with Crippen LogP contribution in [0.25, 0.3) is 0 Å². The highest BCUT2D eigenvalue weighted by Gasteiger charge is 2.16. The van der Waals surface area contributed by atoms with E-state index >= 15 is 0 Å². The van der Waals surface area contributed by atoms with E-state index in [2.05, 4.69) is 17.4 Å². The Hall–Kier alpha value is -1.80. The lowest BCUT2D eigenvalue weighted by atomic mass is 10.5. The first-order valence-electron chi connectivity index (χ1n) is 2.49. The minimum atomic E-state index is -1.35. The van der Waals surface area contributed by atoms with Gasteiger partial charge in [0.05, 0.1) is 0 Å². The zero-order valence-electron chi connectivity index (χ0n) is 5.97. The van der Waals surface area contributed by atoms with Crippen molar-refractivity contribution in [1.29, 1.82) is 0 Å². The lowest BCUT2D eigenvalue weighted by Crippen LogP contribution is -2.38. The fraction of sp³-hybridized carbons (Fsp3) is 0. The number of hydrogen-bond donors (Lipinski definition) is 3. The van der Waals surface area contributed by atoms with E-state index in [1.54, 1.807) is 0 Å². The number of carbonyl (C=O) groups is 4. The third kappa shape index (κ3) is 4.09. The summed E-state index contributed by atoms with van der Waals surface area (Å²) in [5.74, 6) is 5.31. The van der Waals surface area contributed by atoms with Gasteiger partial charge in [-0.2, -0.15) is 0 Å². The van der Waals surface area contributed by atoms with Gasteiger partial charge in [0.1, 0.15) is 0 Å². The van der Waals surface area contributed by atoms with Gasteiger partial charge >= 0.3 is 11.8 Å². The Bertz CT molecular complexity index is 183. The summed E-state index contributed by atoms with van der Waals surface area (Å²) in [6.07, 6.45) is -0.194. The molecule has 0 aromatic heterocycles. The standard InChI is InChI=1S/C4H4N2O4.H4N2/c5-3(9)4(10)6(1-7)2-8;1-2/h1-2H,(H2,5,9);1-2H2. The quantitative estimate of drug-likeness (QED) is 0.171. The number of primary amides is 1. The van der Waals surface area contributed by atoms with Crippen LogP contribution in [0, 0.1) is 0 Å². The van der Waals surface area contributed by atoms with Gasteiger partial charge in [0.2, 0.25) is 12.8 Å². The van der Waals surface area contributed by atoms with Crippen LogP contribution in [0.3, 0.4) is 0 Å². The van der Waals surface area contributed by atoms with Crippen molar-refractivity contribution in [3.63, 3.8) is 0 Å². The van der Waals surface area contributed by atoms with Crippen molar-refractivity contribution in [2.75, 3.05) is 0 Å². The Balaban J connectivity index is 0. The van der Waals surface area contributed by atoms with Gasteiger partial charge in [-0.15, -0.1) is 0 Å². The van der Waals surface area contributed by atoms with Gasteiger partial charge in [-0.25, -0.2) is 4.90 Å². The summed E-state index contributed by atoms with van der Waals surface area (Å²) in [7, 11) is 0. The lowest BCUT2D eigenvalue weighted by Gasteiger charge is -2.00. The Morgan fingerprint density at radius 2 is 1.42 bits per heavy atom. The van der Waals surface area contributed by atoms with Gasteiger partial charge < -0.3 is 5.73 Å². The highest BCUT2D eigenvalue weighted by Crippen LogP contribution is 1.76. The Labute approximate surface area is 67.2 Å². The summed E-state index contributed by atoms with van der Waals surface area (Å²) < 4.78 is 0. The van der Waals surface area contributed by atoms with Crippen molar-refractivity contribution < 1.29 is 19.2 Å². The van der Waals surface area contributed by atoms with Gasteiger partial charge in [-0.3, -0.25) is 30.9 Å². The second kappa shape index (κ2) is 7.31. The number of imide groups is 3. The van der Waals surface area contributed by atoms with Crippen LogP contribution in [0.5, 0.6) is 0 Å².